The molecular formula is C19H19N3O3S2. The van der Waals surface area contributed by atoms with Gasteiger partial charge in [-0.1, -0.05) is 72.0 Å². The number of aryl methyl sites for hydroxylation is 1. The molecule has 2 N–H and O–H groups in total. The van der Waals surface area contributed by atoms with Crippen molar-refractivity contribution in [1.82, 2.24) is 10.3 Å². The molecule has 0 aliphatic heterocycles. The van der Waals surface area contributed by atoms with Crippen LogP contribution in [0.2, 0.25) is 0 Å². The quantitative estimate of drug-likeness (QED) is 0.636. The lowest BCUT2D eigenvalue weighted by atomic mass is 10.2. The summed E-state index contributed by atoms with van der Waals surface area (Å²) < 4.78 is 27.1. The van der Waals surface area contributed by atoms with Gasteiger partial charge in [0.25, 0.3) is 5.91 Å². The van der Waals surface area contributed by atoms with Gasteiger partial charge in [-0.3, -0.25) is 9.52 Å². The third-order valence-corrected chi connectivity index (χ3v) is 6.16. The number of nitrogens with zero attached hydrogens (tertiary/aromatic N) is 1. The number of carbonyl (C=O) groups excluding carboxylic acids is 1. The van der Waals surface area contributed by atoms with Crippen molar-refractivity contribution in [2.45, 2.75) is 19.2 Å². The van der Waals surface area contributed by atoms with E-state index < -0.39 is 10.0 Å². The Balaban J connectivity index is 1.65. The van der Waals surface area contributed by atoms with E-state index >= 15 is 0 Å². The summed E-state index contributed by atoms with van der Waals surface area (Å²) in [6, 6.07) is 18.4. The van der Waals surface area contributed by atoms with E-state index in [0.717, 1.165) is 16.9 Å². The lowest BCUT2D eigenvalue weighted by Gasteiger charge is -2.05. The Hall–Kier alpha value is -2.71. The average molecular weight is 402 g/mol. The lowest BCUT2D eigenvalue weighted by Crippen LogP contribution is -2.22. The summed E-state index contributed by atoms with van der Waals surface area (Å²) in [5.74, 6) is -0.426. The van der Waals surface area contributed by atoms with E-state index in [9.17, 15) is 13.2 Å². The summed E-state index contributed by atoms with van der Waals surface area (Å²) >= 11 is 1.03. The molecule has 140 valence electrons. The van der Waals surface area contributed by atoms with Crippen molar-refractivity contribution in [2.24, 2.45) is 0 Å². The predicted molar refractivity (Wildman–Crippen MR) is 107 cm³/mol. The minimum atomic E-state index is -3.61. The van der Waals surface area contributed by atoms with Gasteiger partial charge in [-0.15, -0.1) is 0 Å². The van der Waals surface area contributed by atoms with E-state index in [1.807, 2.05) is 36.4 Å². The standard InChI is InChI=1S/C19H19N3O3S2/c1-14-17(18(23)20-12-15-8-4-2-5-9-15)26-19(21-14)22-27(24,25)13-16-10-6-3-7-11-16/h2-11H,12-13H2,1H3,(H,20,23)(H,21,22). The largest absolute Gasteiger partial charge is 0.347 e. The highest BCUT2D eigenvalue weighted by molar-refractivity contribution is 7.92. The number of carbonyl (C=O) groups is 1. The van der Waals surface area contributed by atoms with Gasteiger partial charge in [0.2, 0.25) is 10.0 Å². The Morgan fingerprint density at radius 1 is 1.00 bits per heavy atom. The molecule has 0 saturated heterocycles. The molecule has 0 aliphatic rings. The zero-order chi connectivity index (χ0) is 19.3. The van der Waals surface area contributed by atoms with Crippen molar-refractivity contribution < 1.29 is 13.2 Å². The second-order valence-corrected chi connectivity index (χ2v) is 8.67. The topological polar surface area (TPSA) is 88.2 Å². The lowest BCUT2D eigenvalue weighted by molar-refractivity contribution is 0.0954. The van der Waals surface area contributed by atoms with Crippen molar-refractivity contribution in [3.63, 3.8) is 0 Å². The number of benzene rings is 2. The second kappa shape index (κ2) is 8.32. The molecule has 2 aromatic carbocycles. The maximum absolute atomic E-state index is 12.4. The van der Waals surface area contributed by atoms with Crippen LogP contribution in [-0.4, -0.2) is 19.3 Å². The molecule has 0 spiro atoms. The molecule has 3 aromatic rings. The van der Waals surface area contributed by atoms with Crippen LogP contribution in [0.5, 0.6) is 0 Å². The summed E-state index contributed by atoms with van der Waals surface area (Å²) in [6.45, 7) is 2.08. The van der Waals surface area contributed by atoms with Gasteiger partial charge >= 0.3 is 0 Å². The van der Waals surface area contributed by atoms with E-state index in [-0.39, 0.29) is 16.8 Å². The molecule has 0 fully saturated rings. The molecule has 0 unspecified atom stereocenters. The summed E-state index contributed by atoms with van der Waals surface area (Å²) in [6.07, 6.45) is 0. The van der Waals surface area contributed by atoms with Crippen LogP contribution in [-0.2, 0) is 22.3 Å². The fraction of sp³-hybridized carbons (Fsp3) is 0.158. The molecule has 0 radical (unpaired) electrons. The number of nitrogens with one attached hydrogen (secondary N) is 2. The molecule has 0 bridgehead atoms. The van der Waals surface area contributed by atoms with Crippen molar-refractivity contribution in [3.8, 4) is 0 Å². The number of rotatable bonds is 7. The molecule has 0 aliphatic carbocycles. The molecule has 1 amide bonds. The number of aromatic nitrogens is 1. The summed E-state index contributed by atoms with van der Waals surface area (Å²) in [4.78, 5) is 17.0. The first-order valence-electron chi connectivity index (χ1n) is 8.27. The third-order valence-electron chi connectivity index (χ3n) is 3.74. The molecule has 1 aromatic heterocycles. The van der Waals surface area contributed by atoms with Gasteiger partial charge in [-0.25, -0.2) is 13.4 Å². The van der Waals surface area contributed by atoms with Gasteiger partial charge in [0.15, 0.2) is 5.13 Å². The normalized spacial score (nSPS) is 11.1. The zero-order valence-corrected chi connectivity index (χ0v) is 16.3. The monoisotopic (exact) mass is 401 g/mol. The molecular weight excluding hydrogens is 382 g/mol. The Morgan fingerprint density at radius 2 is 1.59 bits per heavy atom. The van der Waals surface area contributed by atoms with E-state index in [2.05, 4.69) is 15.0 Å². The van der Waals surface area contributed by atoms with Crippen molar-refractivity contribution >= 4 is 32.4 Å². The maximum atomic E-state index is 12.4. The Bertz CT molecular complexity index is 1020. The summed E-state index contributed by atoms with van der Waals surface area (Å²) in [5, 5.41) is 3.01. The van der Waals surface area contributed by atoms with Gasteiger partial charge in [0.1, 0.15) is 4.88 Å². The third kappa shape index (κ3) is 5.38. The highest BCUT2D eigenvalue weighted by Gasteiger charge is 2.19. The predicted octanol–water partition coefficient (Wildman–Crippen LogP) is 3.32. The summed E-state index contributed by atoms with van der Waals surface area (Å²) in [5.41, 5.74) is 2.15. The number of anilines is 1. The van der Waals surface area contributed by atoms with Crippen LogP contribution in [0.1, 0.15) is 26.5 Å². The summed E-state index contributed by atoms with van der Waals surface area (Å²) in [7, 11) is -3.61. The number of sulfonamides is 1. The second-order valence-electron chi connectivity index (χ2n) is 5.95. The van der Waals surface area contributed by atoms with Gasteiger partial charge < -0.3 is 5.32 Å². The highest BCUT2D eigenvalue weighted by atomic mass is 32.2. The number of thiazole rings is 1. The van der Waals surface area contributed by atoms with E-state index in [0.29, 0.717) is 22.7 Å². The molecule has 6 nitrogen and oxygen atoms in total. The fourth-order valence-corrected chi connectivity index (χ4v) is 4.77. The van der Waals surface area contributed by atoms with Gasteiger partial charge in [-0.05, 0) is 18.1 Å². The van der Waals surface area contributed by atoms with Crippen molar-refractivity contribution in [2.75, 3.05) is 4.72 Å². The number of hydrogen-bond donors (Lipinski definition) is 2. The van der Waals surface area contributed by atoms with E-state index in [1.165, 1.54) is 0 Å². The maximum Gasteiger partial charge on any atom is 0.263 e. The van der Waals surface area contributed by atoms with Crippen molar-refractivity contribution in [3.05, 3.63) is 82.4 Å². The fourth-order valence-electron chi connectivity index (χ4n) is 2.47. The molecule has 1 heterocycles. The van der Waals surface area contributed by atoms with Crippen molar-refractivity contribution in [1.29, 1.82) is 0 Å². The minimum absolute atomic E-state index is 0.151. The van der Waals surface area contributed by atoms with Gasteiger partial charge in [-0.2, -0.15) is 0 Å². The molecule has 8 heteroatoms. The van der Waals surface area contributed by atoms with Crippen LogP contribution >= 0.6 is 11.3 Å². The van der Waals surface area contributed by atoms with Gasteiger partial charge in [0, 0.05) is 6.54 Å². The average Bonchev–Trinajstić information content (AvgIpc) is 3.00. The smallest absolute Gasteiger partial charge is 0.263 e. The first-order chi connectivity index (χ1) is 12.9. The van der Waals surface area contributed by atoms with Crippen LogP contribution < -0.4 is 10.0 Å². The van der Waals surface area contributed by atoms with E-state index in [1.54, 1.807) is 31.2 Å². The van der Waals surface area contributed by atoms with Crippen LogP contribution in [0.4, 0.5) is 5.13 Å². The Labute approximate surface area is 162 Å². The molecule has 27 heavy (non-hydrogen) atoms. The Morgan fingerprint density at radius 3 is 2.22 bits per heavy atom. The van der Waals surface area contributed by atoms with Crippen LogP contribution in [0.25, 0.3) is 0 Å². The molecule has 0 atom stereocenters. The zero-order valence-electron chi connectivity index (χ0n) is 14.7. The van der Waals surface area contributed by atoms with Crippen LogP contribution in [0.3, 0.4) is 0 Å². The number of amides is 1. The molecule has 0 saturated carbocycles. The molecule has 3 rings (SSSR count). The first-order valence-corrected chi connectivity index (χ1v) is 10.7. The van der Waals surface area contributed by atoms with Gasteiger partial charge in [0.05, 0.1) is 11.4 Å². The first kappa shape index (κ1) is 19.1. The number of hydrogen-bond acceptors (Lipinski definition) is 5. The van der Waals surface area contributed by atoms with Crippen LogP contribution in [0.15, 0.2) is 60.7 Å². The Kier molecular flexibility index (Phi) is 5.88. The SMILES string of the molecule is Cc1nc(NS(=O)(=O)Cc2ccccc2)sc1C(=O)NCc1ccccc1. The highest BCUT2D eigenvalue weighted by Crippen LogP contribution is 2.24. The minimum Gasteiger partial charge on any atom is -0.347 e. The van der Waals surface area contributed by atoms with E-state index in [4.69, 9.17) is 0 Å². The van der Waals surface area contributed by atoms with Crippen LogP contribution in [0, 0.1) is 6.92 Å².